The van der Waals surface area contributed by atoms with Gasteiger partial charge in [-0.05, 0) is 38.8 Å². The Labute approximate surface area is 128 Å². The van der Waals surface area contributed by atoms with Crippen molar-refractivity contribution < 1.29 is 9.53 Å². The molecule has 0 aromatic heterocycles. The highest BCUT2D eigenvalue weighted by atomic mass is 16.5. The van der Waals surface area contributed by atoms with Crippen molar-refractivity contribution >= 4 is 11.6 Å². The molecule has 118 valence electrons. The summed E-state index contributed by atoms with van der Waals surface area (Å²) in [5, 5.41) is 0. The topological polar surface area (TPSA) is 55.6 Å². The van der Waals surface area contributed by atoms with Crippen molar-refractivity contribution in [1.29, 1.82) is 0 Å². The molecule has 1 aromatic carbocycles. The van der Waals surface area contributed by atoms with Crippen LogP contribution in [0.3, 0.4) is 0 Å². The minimum absolute atomic E-state index is 0.0334. The number of rotatable bonds is 8. The molecule has 0 aliphatic heterocycles. The molecule has 1 aromatic rings. The molecule has 1 rings (SSSR count). The Morgan fingerprint density at radius 3 is 2.57 bits per heavy atom. The lowest BCUT2D eigenvalue weighted by Gasteiger charge is -2.29. The number of amides is 1. The molecule has 21 heavy (non-hydrogen) atoms. The van der Waals surface area contributed by atoms with Gasteiger partial charge in [-0.3, -0.25) is 4.79 Å². The normalized spacial score (nSPS) is 12.0. The number of benzene rings is 1. The van der Waals surface area contributed by atoms with E-state index in [0.29, 0.717) is 23.6 Å². The van der Waals surface area contributed by atoms with Gasteiger partial charge < -0.3 is 15.4 Å². The molecule has 1 unspecified atom stereocenters. The van der Waals surface area contributed by atoms with Crippen molar-refractivity contribution in [2.45, 2.75) is 53.0 Å². The zero-order valence-corrected chi connectivity index (χ0v) is 13.7. The minimum Gasteiger partial charge on any atom is -0.494 e. The molecule has 0 aliphatic carbocycles. The smallest absolute Gasteiger partial charge is 0.254 e. The highest BCUT2D eigenvalue weighted by Crippen LogP contribution is 2.21. The summed E-state index contributed by atoms with van der Waals surface area (Å²) >= 11 is 0. The van der Waals surface area contributed by atoms with Crippen molar-refractivity contribution in [2.75, 3.05) is 18.9 Å². The first-order chi connectivity index (χ1) is 10.0. The summed E-state index contributed by atoms with van der Waals surface area (Å²) in [4.78, 5) is 14.7. The fraction of sp³-hybridized carbons (Fsp3) is 0.588. The molecule has 2 N–H and O–H groups in total. The molecule has 0 saturated heterocycles. The van der Waals surface area contributed by atoms with Crippen LogP contribution in [-0.2, 0) is 0 Å². The molecular formula is C17H28N2O2. The highest BCUT2D eigenvalue weighted by Gasteiger charge is 2.20. The van der Waals surface area contributed by atoms with Crippen LogP contribution in [0.5, 0.6) is 5.75 Å². The number of nitrogens with zero attached hydrogens (tertiary/aromatic N) is 1. The van der Waals surface area contributed by atoms with E-state index >= 15 is 0 Å². The molecule has 0 aliphatic rings. The second kappa shape index (κ2) is 8.55. The average molecular weight is 292 g/mol. The van der Waals surface area contributed by atoms with Crippen LogP contribution in [0.25, 0.3) is 0 Å². The third-order valence-corrected chi connectivity index (χ3v) is 3.62. The highest BCUT2D eigenvalue weighted by molar-refractivity contribution is 5.95. The van der Waals surface area contributed by atoms with Crippen LogP contribution in [0.15, 0.2) is 18.2 Å². The number of nitrogens with two attached hydrogens (primary N) is 1. The van der Waals surface area contributed by atoms with E-state index in [2.05, 4.69) is 20.8 Å². The lowest BCUT2D eigenvalue weighted by atomic mass is 10.1. The first kappa shape index (κ1) is 17.3. The van der Waals surface area contributed by atoms with Gasteiger partial charge in [0.2, 0.25) is 0 Å². The van der Waals surface area contributed by atoms with Gasteiger partial charge in [0, 0.05) is 29.9 Å². The number of ether oxygens (including phenoxy) is 1. The van der Waals surface area contributed by atoms with Crippen molar-refractivity contribution in [2.24, 2.45) is 0 Å². The van der Waals surface area contributed by atoms with E-state index in [1.165, 1.54) is 0 Å². The summed E-state index contributed by atoms with van der Waals surface area (Å²) in [6, 6.07) is 5.48. The van der Waals surface area contributed by atoms with Crippen LogP contribution in [-0.4, -0.2) is 30.0 Å². The standard InChI is InChI=1S/C17H28N2O2/c1-5-8-9-19(13(4)6-2)17(20)14-10-15(18)12-16(11-14)21-7-3/h10-13H,5-9,18H2,1-4H3. The Kier molecular flexibility index (Phi) is 7.06. The zero-order valence-electron chi connectivity index (χ0n) is 13.7. The van der Waals surface area contributed by atoms with E-state index in [4.69, 9.17) is 10.5 Å². The van der Waals surface area contributed by atoms with E-state index < -0.39 is 0 Å². The number of anilines is 1. The molecule has 1 atom stereocenters. The van der Waals surface area contributed by atoms with Gasteiger partial charge in [0.1, 0.15) is 5.75 Å². The third-order valence-electron chi connectivity index (χ3n) is 3.62. The van der Waals surface area contributed by atoms with Crippen molar-refractivity contribution in [1.82, 2.24) is 4.90 Å². The quantitative estimate of drug-likeness (QED) is 0.743. The van der Waals surface area contributed by atoms with E-state index in [9.17, 15) is 4.79 Å². The molecule has 4 nitrogen and oxygen atoms in total. The molecule has 0 radical (unpaired) electrons. The summed E-state index contributed by atoms with van der Waals surface area (Å²) in [5.74, 6) is 0.687. The first-order valence-electron chi connectivity index (χ1n) is 7.87. The second-order valence-electron chi connectivity index (χ2n) is 5.33. The second-order valence-corrected chi connectivity index (χ2v) is 5.33. The van der Waals surface area contributed by atoms with Crippen LogP contribution < -0.4 is 10.5 Å². The Bertz CT molecular complexity index is 460. The number of hydrogen-bond acceptors (Lipinski definition) is 3. The molecular weight excluding hydrogens is 264 g/mol. The Morgan fingerprint density at radius 2 is 2.00 bits per heavy atom. The van der Waals surface area contributed by atoms with E-state index in [0.717, 1.165) is 25.8 Å². The molecule has 0 fully saturated rings. The fourth-order valence-corrected chi connectivity index (χ4v) is 2.23. The third kappa shape index (κ3) is 4.96. The summed E-state index contributed by atoms with van der Waals surface area (Å²) < 4.78 is 5.47. The van der Waals surface area contributed by atoms with Gasteiger partial charge in [-0.1, -0.05) is 20.3 Å². The van der Waals surface area contributed by atoms with E-state index in [-0.39, 0.29) is 11.9 Å². The number of hydrogen-bond donors (Lipinski definition) is 1. The monoisotopic (exact) mass is 292 g/mol. The van der Waals surface area contributed by atoms with Gasteiger partial charge in [0.15, 0.2) is 0 Å². The molecule has 0 spiro atoms. The van der Waals surface area contributed by atoms with Crippen molar-refractivity contribution in [3.63, 3.8) is 0 Å². The van der Waals surface area contributed by atoms with Crippen molar-refractivity contribution in [3.8, 4) is 5.75 Å². The summed E-state index contributed by atoms with van der Waals surface area (Å²) in [7, 11) is 0. The van der Waals surface area contributed by atoms with Gasteiger partial charge in [-0.2, -0.15) is 0 Å². The Morgan fingerprint density at radius 1 is 1.29 bits per heavy atom. The Hall–Kier alpha value is -1.71. The molecule has 4 heteroatoms. The van der Waals surface area contributed by atoms with Crippen LogP contribution in [0.1, 0.15) is 57.3 Å². The molecule has 0 bridgehead atoms. The van der Waals surface area contributed by atoms with Crippen LogP contribution in [0, 0.1) is 0 Å². The maximum absolute atomic E-state index is 12.8. The number of unbranched alkanes of at least 4 members (excludes halogenated alkanes) is 1. The first-order valence-corrected chi connectivity index (χ1v) is 7.87. The maximum Gasteiger partial charge on any atom is 0.254 e. The predicted octanol–water partition coefficient (Wildman–Crippen LogP) is 3.71. The number of carbonyl (C=O) groups excluding carboxylic acids is 1. The van der Waals surface area contributed by atoms with Crippen LogP contribution >= 0.6 is 0 Å². The van der Waals surface area contributed by atoms with Gasteiger partial charge in [-0.25, -0.2) is 0 Å². The summed E-state index contributed by atoms with van der Waals surface area (Å²) in [6.07, 6.45) is 3.02. The lowest BCUT2D eigenvalue weighted by molar-refractivity contribution is 0.0685. The largest absolute Gasteiger partial charge is 0.494 e. The van der Waals surface area contributed by atoms with Gasteiger partial charge >= 0.3 is 0 Å². The zero-order chi connectivity index (χ0) is 15.8. The van der Waals surface area contributed by atoms with Crippen molar-refractivity contribution in [3.05, 3.63) is 23.8 Å². The molecule has 0 heterocycles. The number of nitrogen functional groups attached to an aromatic ring is 1. The summed E-state index contributed by atoms with van der Waals surface area (Å²) in [6.45, 7) is 9.57. The van der Waals surface area contributed by atoms with E-state index in [1.54, 1.807) is 18.2 Å². The van der Waals surface area contributed by atoms with E-state index in [1.807, 2.05) is 11.8 Å². The fourth-order valence-electron chi connectivity index (χ4n) is 2.23. The molecule has 0 saturated carbocycles. The minimum atomic E-state index is 0.0334. The SMILES string of the molecule is CCCCN(C(=O)c1cc(N)cc(OCC)c1)C(C)CC. The van der Waals surface area contributed by atoms with Gasteiger partial charge in [0.05, 0.1) is 6.61 Å². The Balaban J connectivity index is 3.01. The van der Waals surface area contributed by atoms with Crippen LogP contribution in [0.4, 0.5) is 5.69 Å². The van der Waals surface area contributed by atoms with Crippen LogP contribution in [0.2, 0.25) is 0 Å². The lowest BCUT2D eigenvalue weighted by Crippen LogP contribution is -2.39. The van der Waals surface area contributed by atoms with Gasteiger partial charge in [0.25, 0.3) is 5.91 Å². The number of carbonyl (C=O) groups is 1. The average Bonchev–Trinajstić information content (AvgIpc) is 2.46. The predicted molar refractivity (Wildman–Crippen MR) is 87.7 cm³/mol. The maximum atomic E-state index is 12.8. The molecule has 1 amide bonds. The van der Waals surface area contributed by atoms with Gasteiger partial charge in [-0.15, -0.1) is 0 Å². The summed E-state index contributed by atoms with van der Waals surface area (Å²) in [5.41, 5.74) is 7.05.